The molecule has 0 aliphatic rings. The van der Waals surface area contributed by atoms with Crippen LogP contribution in [-0.4, -0.2) is 52.3 Å². The Labute approximate surface area is 152 Å². The molecule has 0 saturated heterocycles. The van der Waals surface area contributed by atoms with Crippen molar-refractivity contribution in [3.05, 3.63) is 29.8 Å². The van der Waals surface area contributed by atoms with E-state index in [1.165, 1.54) is 11.3 Å². The fraction of sp³-hybridized carbons (Fsp3) is 0.562. The standard InChI is InChI=1S/C16H27N3O2.2ClH/c1-4-19(15-7-5-6-14(2)12-15)10-8-18-16(20)13-17-9-11-21-3;;/h5-7,12,17H,4,8-11,13H2,1-3H3,(H,18,20);2*1H. The van der Waals surface area contributed by atoms with Crippen molar-refractivity contribution in [3.8, 4) is 0 Å². The maximum Gasteiger partial charge on any atom is 0.234 e. The number of nitrogens with zero attached hydrogens (tertiary/aromatic N) is 1. The van der Waals surface area contributed by atoms with Crippen molar-refractivity contribution >= 4 is 36.4 Å². The summed E-state index contributed by atoms with van der Waals surface area (Å²) >= 11 is 0. The molecule has 0 heterocycles. The number of hydrogen-bond acceptors (Lipinski definition) is 4. The Kier molecular flexibility index (Phi) is 15.4. The van der Waals surface area contributed by atoms with Crippen molar-refractivity contribution in [3.63, 3.8) is 0 Å². The van der Waals surface area contributed by atoms with E-state index in [0.29, 0.717) is 26.2 Å². The van der Waals surface area contributed by atoms with E-state index in [4.69, 9.17) is 4.74 Å². The summed E-state index contributed by atoms with van der Waals surface area (Å²) in [6.07, 6.45) is 0. The smallest absolute Gasteiger partial charge is 0.234 e. The van der Waals surface area contributed by atoms with Gasteiger partial charge in [-0.2, -0.15) is 0 Å². The number of methoxy groups -OCH3 is 1. The van der Waals surface area contributed by atoms with E-state index in [1.807, 2.05) is 0 Å². The Balaban J connectivity index is 0. The topological polar surface area (TPSA) is 53.6 Å². The zero-order valence-electron chi connectivity index (χ0n) is 14.1. The normalized spacial score (nSPS) is 9.52. The summed E-state index contributed by atoms with van der Waals surface area (Å²) in [6, 6.07) is 8.42. The van der Waals surface area contributed by atoms with Gasteiger partial charge in [-0.1, -0.05) is 12.1 Å². The number of carbonyl (C=O) groups is 1. The second-order valence-corrected chi connectivity index (χ2v) is 4.94. The zero-order chi connectivity index (χ0) is 15.5. The van der Waals surface area contributed by atoms with Gasteiger partial charge in [-0.05, 0) is 31.5 Å². The minimum Gasteiger partial charge on any atom is -0.383 e. The van der Waals surface area contributed by atoms with E-state index >= 15 is 0 Å². The molecule has 1 amide bonds. The summed E-state index contributed by atoms with van der Waals surface area (Å²) in [5, 5.41) is 5.95. The highest BCUT2D eigenvalue weighted by Gasteiger charge is 2.05. The van der Waals surface area contributed by atoms with Crippen LogP contribution in [0.15, 0.2) is 24.3 Å². The van der Waals surface area contributed by atoms with Gasteiger partial charge in [-0.3, -0.25) is 4.79 Å². The molecule has 5 nitrogen and oxygen atoms in total. The maximum atomic E-state index is 11.6. The predicted octanol–water partition coefficient (Wildman–Crippen LogP) is 2.02. The molecule has 0 aliphatic heterocycles. The Bertz CT molecular complexity index is 434. The van der Waals surface area contributed by atoms with Crippen LogP contribution < -0.4 is 15.5 Å². The second kappa shape index (κ2) is 14.6. The van der Waals surface area contributed by atoms with Crippen molar-refractivity contribution in [2.45, 2.75) is 13.8 Å². The molecule has 0 aliphatic carbocycles. The van der Waals surface area contributed by atoms with E-state index < -0.39 is 0 Å². The molecule has 0 aromatic heterocycles. The molecule has 0 spiro atoms. The highest BCUT2D eigenvalue weighted by atomic mass is 35.5. The summed E-state index contributed by atoms with van der Waals surface area (Å²) in [5.74, 6) is 0.0198. The van der Waals surface area contributed by atoms with Crippen molar-refractivity contribution in [1.29, 1.82) is 0 Å². The van der Waals surface area contributed by atoms with Crippen LogP contribution in [0.4, 0.5) is 5.69 Å². The van der Waals surface area contributed by atoms with Gasteiger partial charge in [0.25, 0.3) is 0 Å². The third-order valence-electron chi connectivity index (χ3n) is 3.22. The molecule has 1 aromatic rings. The number of aryl methyl sites for hydroxylation is 1. The molecule has 0 saturated carbocycles. The van der Waals surface area contributed by atoms with Crippen molar-refractivity contribution in [1.82, 2.24) is 10.6 Å². The SMILES string of the molecule is CCN(CCNC(=O)CNCCOC)c1cccc(C)c1.Cl.Cl. The van der Waals surface area contributed by atoms with Crippen LogP contribution in [0.5, 0.6) is 0 Å². The number of carbonyl (C=O) groups excluding carboxylic acids is 1. The van der Waals surface area contributed by atoms with Gasteiger partial charge in [0.05, 0.1) is 13.2 Å². The van der Waals surface area contributed by atoms with Gasteiger partial charge in [0, 0.05) is 39.0 Å². The number of likely N-dealkylation sites (N-methyl/N-ethyl adjacent to an activating group) is 1. The Morgan fingerprint density at radius 1 is 1.26 bits per heavy atom. The number of halogens is 2. The van der Waals surface area contributed by atoms with Gasteiger partial charge in [0.1, 0.15) is 0 Å². The van der Waals surface area contributed by atoms with Crippen LogP contribution in [0.2, 0.25) is 0 Å². The van der Waals surface area contributed by atoms with Crippen LogP contribution in [0.25, 0.3) is 0 Å². The summed E-state index contributed by atoms with van der Waals surface area (Å²) in [4.78, 5) is 13.9. The Hall–Kier alpha value is -1.01. The molecule has 2 N–H and O–H groups in total. The monoisotopic (exact) mass is 365 g/mol. The molecule has 134 valence electrons. The zero-order valence-corrected chi connectivity index (χ0v) is 15.8. The lowest BCUT2D eigenvalue weighted by atomic mass is 10.2. The third kappa shape index (κ3) is 10.4. The average Bonchev–Trinajstić information content (AvgIpc) is 2.48. The van der Waals surface area contributed by atoms with E-state index in [1.54, 1.807) is 7.11 Å². The van der Waals surface area contributed by atoms with E-state index in [9.17, 15) is 4.79 Å². The first-order valence-electron chi connectivity index (χ1n) is 7.45. The molecule has 0 fully saturated rings. The fourth-order valence-electron chi connectivity index (χ4n) is 2.06. The van der Waals surface area contributed by atoms with E-state index in [-0.39, 0.29) is 30.7 Å². The Morgan fingerprint density at radius 2 is 2.00 bits per heavy atom. The summed E-state index contributed by atoms with van der Waals surface area (Å²) in [6.45, 7) is 8.22. The quantitative estimate of drug-likeness (QED) is 0.622. The number of amides is 1. The molecular formula is C16H29Cl2N3O2. The van der Waals surface area contributed by atoms with Gasteiger partial charge >= 0.3 is 0 Å². The van der Waals surface area contributed by atoms with Crippen LogP contribution in [0.3, 0.4) is 0 Å². The lowest BCUT2D eigenvalue weighted by Crippen LogP contribution is -2.39. The lowest BCUT2D eigenvalue weighted by Gasteiger charge is -2.23. The number of benzene rings is 1. The molecule has 0 unspecified atom stereocenters. The minimum atomic E-state index is 0. The molecule has 23 heavy (non-hydrogen) atoms. The Morgan fingerprint density at radius 3 is 2.61 bits per heavy atom. The van der Waals surface area contributed by atoms with E-state index in [0.717, 1.165) is 13.1 Å². The average molecular weight is 366 g/mol. The van der Waals surface area contributed by atoms with Crippen LogP contribution in [-0.2, 0) is 9.53 Å². The number of ether oxygens (including phenoxy) is 1. The summed E-state index contributed by atoms with van der Waals surface area (Å²) < 4.78 is 4.91. The van der Waals surface area contributed by atoms with Crippen LogP contribution in [0, 0.1) is 6.92 Å². The van der Waals surface area contributed by atoms with Gasteiger partial charge in [0.15, 0.2) is 0 Å². The molecule has 1 rings (SSSR count). The highest BCUT2D eigenvalue weighted by Crippen LogP contribution is 2.14. The largest absolute Gasteiger partial charge is 0.383 e. The molecule has 7 heteroatoms. The molecule has 1 aromatic carbocycles. The number of nitrogens with one attached hydrogen (secondary N) is 2. The van der Waals surface area contributed by atoms with Gasteiger partial charge in [-0.15, -0.1) is 24.8 Å². The first-order valence-corrected chi connectivity index (χ1v) is 7.45. The van der Waals surface area contributed by atoms with Gasteiger partial charge in [-0.25, -0.2) is 0 Å². The predicted molar refractivity (Wildman–Crippen MR) is 101 cm³/mol. The third-order valence-corrected chi connectivity index (χ3v) is 3.22. The number of hydrogen-bond donors (Lipinski definition) is 2. The van der Waals surface area contributed by atoms with E-state index in [2.05, 4.69) is 53.6 Å². The summed E-state index contributed by atoms with van der Waals surface area (Å²) in [5.41, 5.74) is 2.45. The fourth-order valence-corrected chi connectivity index (χ4v) is 2.06. The van der Waals surface area contributed by atoms with Crippen molar-refractivity contribution in [2.75, 3.05) is 51.3 Å². The van der Waals surface area contributed by atoms with Crippen molar-refractivity contribution in [2.24, 2.45) is 0 Å². The van der Waals surface area contributed by atoms with Gasteiger partial charge < -0.3 is 20.3 Å². The molecular weight excluding hydrogens is 337 g/mol. The molecule has 0 bridgehead atoms. The van der Waals surface area contributed by atoms with Gasteiger partial charge in [0.2, 0.25) is 5.91 Å². The number of anilines is 1. The van der Waals surface area contributed by atoms with Crippen LogP contribution in [0.1, 0.15) is 12.5 Å². The number of rotatable bonds is 10. The highest BCUT2D eigenvalue weighted by molar-refractivity contribution is 5.85. The minimum absolute atomic E-state index is 0. The van der Waals surface area contributed by atoms with Crippen LogP contribution >= 0.6 is 24.8 Å². The molecule has 0 radical (unpaired) electrons. The summed E-state index contributed by atoms with van der Waals surface area (Å²) in [7, 11) is 1.65. The molecule has 0 atom stereocenters. The van der Waals surface area contributed by atoms with Crippen molar-refractivity contribution < 1.29 is 9.53 Å². The first-order chi connectivity index (χ1) is 10.2. The first kappa shape index (κ1) is 24.2. The lowest BCUT2D eigenvalue weighted by molar-refractivity contribution is -0.120. The maximum absolute atomic E-state index is 11.6. The second-order valence-electron chi connectivity index (χ2n) is 4.94.